The maximum atomic E-state index is 12.1. The molecule has 1 heterocycles. The van der Waals surface area contributed by atoms with Crippen LogP contribution in [0.2, 0.25) is 0 Å². The van der Waals surface area contributed by atoms with E-state index in [1.54, 1.807) is 0 Å². The maximum Gasteiger partial charge on any atom is 0.327 e. The molecule has 0 radical (unpaired) electrons. The number of ether oxygens (including phenoxy) is 1. The molecule has 20 heavy (non-hydrogen) atoms. The molecule has 0 bridgehead atoms. The third kappa shape index (κ3) is 4.57. The monoisotopic (exact) mass is 305 g/mol. The molecule has 1 aliphatic rings. The molecule has 1 atom stereocenters. The minimum atomic E-state index is -1.03. The Morgan fingerprint density at radius 3 is 2.80 bits per heavy atom. The first-order chi connectivity index (χ1) is 9.47. The van der Waals surface area contributed by atoms with Crippen LogP contribution in [-0.2, 0) is 14.3 Å². The standard InChI is InChI=1S/C11H19N3O5S/c1-13(5-9(15)12-3-4-19-2)11(18)14-7-20-6-8(14)10(16)17/h8H,3-7H2,1-2H3,(H,12,15)(H,16,17). The van der Waals surface area contributed by atoms with E-state index in [0.717, 1.165) is 0 Å². The number of amides is 3. The summed E-state index contributed by atoms with van der Waals surface area (Å²) in [5.41, 5.74) is 0. The van der Waals surface area contributed by atoms with Crippen molar-refractivity contribution in [2.75, 3.05) is 45.5 Å². The van der Waals surface area contributed by atoms with Crippen LogP contribution in [0.4, 0.5) is 4.79 Å². The van der Waals surface area contributed by atoms with Gasteiger partial charge in [-0.15, -0.1) is 11.8 Å². The largest absolute Gasteiger partial charge is 0.480 e. The lowest BCUT2D eigenvalue weighted by molar-refractivity contribution is -0.140. The summed E-state index contributed by atoms with van der Waals surface area (Å²) in [6, 6.07) is -1.28. The summed E-state index contributed by atoms with van der Waals surface area (Å²) in [7, 11) is 3.00. The highest BCUT2D eigenvalue weighted by Crippen LogP contribution is 2.22. The lowest BCUT2D eigenvalue weighted by Gasteiger charge is -2.26. The van der Waals surface area contributed by atoms with Crippen molar-refractivity contribution in [3.8, 4) is 0 Å². The van der Waals surface area contributed by atoms with E-state index in [0.29, 0.717) is 24.8 Å². The van der Waals surface area contributed by atoms with Gasteiger partial charge in [-0.05, 0) is 0 Å². The van der Waals surface area contributed by atoms with E-state index >= 15 is 0 Å². The van der Waals surface area contributed by atoms with Gasteiger partial charge in [-0.3, -0.25) is 4.79 Å². The van der Waals surface area contributed by atoms with Crippen LogP contribution < -0.4 is 5.32 Å². The average Bonchev–Trinajstić information content (AvgIpc) is 2.87. The van der Waals surface area contributed by atoms with Crippen molar-refractivity contribution >= 4 is 29.7 Å². The second-order valence-electron chi connectivity index (χ2n) is 4.31. The van der Waals surface area contributed by atoms with E-state index < -0.39 is 18.0 Å². The molecule has 0 aromatic carbocycles. The fourth-order valence-electron chi connectivity index (χ4n) is 1.69. The van der Waals surface area contributed by atoms with E-state index in [4.69, 9.17) is 9.84 Å². The van der Waals surface area contributed by atoms with Crippen LogP contribution in [0.5, 0.6) is 0 Å². The number of carbonyl (C=O) groups is 3. The Balaban J connectivity index is 2.46. The smallest absolute Gasteiger partial charge is 0.327 e. The number of aliphatic carboxylic acids is 1. The molecule has 1 fully saturated rings. The Morgan fingerprint density at radius 1 is 1.50 bits per heavy atom. The average molecular weight is 305 g/mol. The number of likely N-dealkylation sites (N-methyl/N-ethyl adjacent to an activating group) is 1. The molecule has 1 unspecified atom stereocenters. The fourth-order valence-corrected chi connectivity index (χ4v) is 2.82. The predicted octanol–water partition coefficient (Wildman–Crippen LogP) is -0.740. The summed E-state index contributed by atoms with van der Waals surface area (Å²) in [5, 5.41) is 11.6. The zero-order valence-electron chi connectivity index (χ0n) is 11.5. The number of nitrogens with one attached hydrogen (secondary N) is 1. The van der Waals surface area contributed by atoms with Gasteiger partial charge in [0.2, 0.25) is 5.91 Å². The highest BCUT2D eigenvalue weighted by atomic mass is 32.2. The Morgan fingerprint density at radius 2 is 2.20 bits per heavy atom. The lowest BCUT2D eigenvalue weighted by Crippen LogP contribution is -2.49. The van der Waals surface area contributed by atoms with E-state index in [1.807, 2.05) is 0 Å². The van der Waals surface area contributed by atoms with Gasteiger partial charge in [0.25, 0.3) is 0 Å². The Bertz CT molecular complexity index is 379. The van der Waals surface area contributed by atoms with Crippen molar-refractivity contribution in [2.45, 2.75) is 6.04 Å². The Hall–Kier alpha value is -1.48. The third-order valence-electron chi connectivity index (χ3n) is 2.75. The minimum Gasteiger partial charge on any atom is -0.480 e. The second-order valence-corrected chi connectivity index (χ2v) is 5.30. The van der Waals surface area contributed by atoms with E-state index in [-0.39, 0.29) is 12.5 Å². The predicted molar refractivity (Wildman–Crippen MR) is 73.5 cm³/mol. The van der Waals surface area contributed by atoms with Crippen LogP contribution in [0.15, 0.2) is 0 Å². The van der Waals surface area contributed by atoms with Crippen molar-refractivity contribution in [1.82, 2.24) is 15.1 Å². The Kier molecular flexibility index (Phi) is 6.59. The van der Waals surface area contributed by atoms with Crippen LogP contribution in [-0.4, -0.2) is 84.3 Å². The molecule has 0 aliphatic carbocycles. The molecule has 0 aromatic heterocycles. The van der Waals surface area contributed by atoms with Crippen LogP contribution in [0.3, 0.4) is 0 Å². The quantitative estimate of drug-likeness (QED) is 0.627. The molecule has 2 N–H and O–H groups in total. The number of rotatable bonds is 6. The van der Waals surface area contributed by atoms with E-state index in [9.17, 15) is 14.4 Å². The summed E-state index contributed by atoms with van der Waals surface area (Å²) < 4.78 is 4.79. The van der Waals surface area contributed by atoms with Crippen LogP contribution >= 0.6 is 11.8 Å². The van der Waals surface area contributed by atoms with Gasteiger partial charge in [0, 0.05) is 26.5 Å². The molecular weight excluding hydrogens is 286 g/mol. The van der Waals surface area contributed by atoms with Crippen LogP contribution in [0.25, 0.3) is 0 Å². The maximum absolute atomic E-state index is 12.1. The number of carboxylic acids is 1. The first kappa shape index (κ1) is 16.6. The number of methoxy groups -OCH3 is 1. The zero-order valence-corrected chi connectivity index (χ0v) is 12.3. The minimum absolute atomic E-state index is 0.115. The van der Waals surface area contributed by atoms with Crippen LogP contribution in [0.1, 0.15) is 0 Å². The van der Waals surface area contributed by atoms with Gasteiger partial charge >= 0.3 is 12.0 Å². The van der Waals surface area contributed by atoms with Crippen LogP contribution in [0, 0.1) is 0 Å². The molecule has 1 aliphatic heterocycles. The summed E-state index contributed by atoms with van der Waals surface area (Å²) in [5.74, 6) is -0.640. The summed E-state index contributed by atoms with van der Waals surface area (Å²) >= 11 is 1.38. The topological polar surface area (TPSA) is 99.2 Å². The third-order valence-corrected chi connectivity index (χ3v) is 3.76. The molecule has 114 valence electrons. The van der Waals surface area contributed by atoms with Crippen molar-refractivity contribution < 1.29 is 24.2 Å². The highest BCUT2D eigenvalue weighted by Gasteiger charge is 2.36. The van der Waals surface area contributed by atoms with Crippen molar-refractivity contribution in [3.63, 3.8) is 0 Å². The molecule has 3 amide bonds. The number of hydrogen-bond donors (Lipinski definition) is 2. The number of hydrogen-bond acceptors (Lipinski definition) is 5. The SMILES string of the molecule is COCCNC(=O)CN(C)C(=O)N1CSCC1C(=O)O. The van der Waals surface area contributed by atoms with Gasteiger partial charge in [0.15, 0.2) is 0 Å². The van der Waals surface area contributed by atoms with E-state index in [2.05, 4.69) is 5.32 Å². The number of carbonyl (C=O) groups excluding carboxylic acids is 2. The molecule has 1 saturated heterocycles. The van der Waals surface area contributed by atoms with Gasteiger partial charge in [-0.2, -0.15) is 0 Å². The molecular formula is C11H19N3O5S. The first-order valence-electron chi connectivity index (χ1n) is 6.05. The summed E-state index contributed by atoms with van der Waals surface area (Å²) in [6.45, 7) is 0.651. The van der Waals surface area contributed by atoms with Gasteiger partial charge in [-0.1, -0.05) is 0 Å². The van der Waals surface area contributed by atoms with Gasteiger partial charge in [-0.25, -0.2) is 9.59 Å². The molecule has 0 spiro atoms. The van der Waals surface area contributed by atoms with Gasteiger partial charge < -0.3 is 25.0 Å². The summed E-state index contributed by atoms with van der Waals surface area (Å²) in [4.78, 5) is 37.1. The second kappa shape index (κ2) is 7.95. The molecule has 0 saturated carbocycles. The van der Waals surface area contributed by atoms with Crippen molar-refractivity contribution in [2.24, 2.45) is 0 Å². The van der Waals surface area contributed by atoms with Gasteiger partial charge in [0.05, 0.1) is 12.5 Å². The molecule has 0 aromatic rings. The normalized spacial score (nSPS) is 17.9. The zero-order chi connectivity index (χ0) is 15.1. The number of nitrogens with zero attached hydrogens (tertiary/aromatic N) is 2. The molecule has 1 rings (SSSR count). The number of thioether (sulfide) groups is 1. The Labute approximate surface area is 121 Å². The van der Waals surface area contributed by atoms with Crippen molar-refractivity contribution in [3.05, 3.63) is 0 Å². The fraction of sp³-hybridized carbons (Fsp3) is 0.727. The first-order valence-corrected chi connectivity index (χ1v) is 7.20. The number of urea groups is 1. The lowest BCUT2D eigenvalue weighted by atomic mass is 10.3. The van der Waals surface area contributed by atoms with E-state index in [1.165, 1.54) is 35.7 Å². The summed E-state index contributed by atoms with van der Waals surface area (Å²) in [6.07, 6.45) is 0. The van der Waals surface area contributed by atoms with Gasteiger partial charge in [0.1, 0.15) is 12.6 Å². The van der Waals surface area contributed by atoms with Crippen molar-refractivity contribution in [1.29, 1.82) is 0 Å². The number of carboxylic acid groups (broad SMARTS) is 1. The molecule has 8 nitrogen and oxygen atoms in total. The molecule has 9 heteroatoms. The highest BCUT2D eigenvalue weighted by molar-refractivity contribution is 7.99.